The second kappa shape index (κ2) is 5.80. The molecule has 0 aromatic rings. The van der Waals surface area contributed by atoms with Crippen LogP contribution >= 0.6 is 11.8 Å². The average Bonchev–Trinajstić information content (AvgIpc) is 2.82. The van der Waals surface area contributed by atoms with Crippen molar-refractivity contribution >= 4 is 11.8 Å². The molecule has 0 aromatic carbocycles. The molecule has 2 heterocycles. The van der Waals surface area contributed by atoms with Gasteiger partial charge in [-0.1, -0.05) is 0 Å². The Balaban J connectivity index is 1.63. The normalized spacial score (nSPS) is 31.2. The molecule has 2 unspecified atom stereocenters. The molecule has 0 bridgehead atoms. The number of thioether (sulfide) groups is 1. The van der Waals surface area contributed by atoms with Crippen LogP contribution in [0.2, 0.25) is 0 Å². The Hall–Kier alpha value is 0.0600. The van der Waals surface area contributed by atoms with E-state index in [-0.39, 0.29) is 0 Å². The molecule has 6 heteroatoms. The topological polar surface area (TPSA) is 15.3 Å². The Morgan fingerprint density at radius 3 is 2.76 bits per heavy atom. The Bertz CT molecular complexity index is 241. The van der Waals surface area contributed by atoms with Crippen molar-refractivity contribution in [3.8, 4) is 0 Å². The molecule has 2 nitrogen and oxygen atoms in total. The minimum absolute atomic E-state index is 0.392. The Morgan fingerprint density at radius 2 is 2.12 bits per heavy atom. The fraction of sp³-hybridized carbons (Fsp3) is 1.00. The maximum atomic E-state index is 12.2. The Kier molecular flexibility index (Phi) is 4.60. The smallest absolute Gasteiger partial charge is 0.313 e. The number of halogens is 3. The highest BCUT2D eigenvalue weighted by Crippen LogP contribution is 2.23. The second-order valence-corrected chi connectivity index (χ2v) is 6.12. The first-order valence-corrected chi connectivity index (χ1v) is 7.28. The van der Waals surface area contributed by atoms with E-state index >= 15 is 0 Å². The SMILES string of the molecule is FC(F)(F)CN1CCC(CNC2CCSC2)C1. The summed E-state index contributed by atoms with van der Waals surface area (Å²) in [6.07, 6.45) is -1.96. The highest BCUT2D eigenvalue weighted by Gasteiger charge is 2.34. The third-order valence-corrected chi connectivity index (χ3v) is 4.56. The molecule has 2 aliphatic heterocycles. The van der Waals surface area contributed by atoms with Gasteiger partial charge < -0.3 is 5.32 Å². The molecule has 100 valence electrons. The second-order valence-electron chi connectivity index (χ2n) is 4.97. The van der Waals surface area contributed by atoms with Gasteiger partial charge in [0.25, 0.3) is 0 Å². The fourth-order valence-electron chi connectivity index (χ4n) is 2.51. The van der Waals surface area contributed by atoms with E-state index in [1.807, 2.05) is 11.8 Å². The molecule has 2 aliphatic rings. The van der Waals surface area contributed by atoms with E-state index in [1.165, 1.54) is 17.1 Å². The first-order chi connectivity index (χ1) is 8.03. The zero-order chi connectivity index (χ0) is 12.3. The van der Waals surface area contributed by atoms with Crippen molar-refractivity contribution < 1.29 is 13.2 Å². The predicted molar refractivity (Wildman–Crippen MR) is 64.3 cm³/mol. The maximum absolute atomic E-state index is 12.2. The lowest BCUT2D eigenvalue weighted by Crippen LogP contribution is -2.36. The summed E-state index contributed by atoms with van der Waals surface area (Å²) in [5.41, 5.74) is 0. The van der Waals surface area contributed by atoms with Crippen LogP contribution in [0.3, 0.4) is 0 Å². The zero-order valence-corrected chi connectivity index (χ0v) is 10.6. The van der Waals surface area contributed by atoms with E-state index in [0.29, 0.717) is 25.0 Å². The van der Waals surface area contributed by atoms with E-state index in [4.69, 9.17) is 0 Å². The van der Waals surface area contributed by atoms with Crippen LogP contribution in [0.5, 0.6) is 0 Å². The molecule has 2 rings (SSSR count). The van der Waals surface area contributed by atoms with E-state index < -0.39 is 12.7 Å². The zero-order valence-electron chi connectivity index (χ0n) is 9.80. The van der Waals surface area contributed by atoms with Crippen LogP contribution in [0.25, 0.3) is 0 Å². The molecule has 0 saturated carbocycles. The summed E-state index contributed by atoms with van der Waals surface area (Å²) in [4.78, 5) is 1.52. The van der Waals surface area contributed by atoms with E-state index in [1.54, 1.807) is 0 Å². The fourth-order valence-corrected chi connectivity index (χ4v) is 3.69. The van der Waals surface area contributed by atoms with Crippen LogP contribution in [-0.4, -0.2) is 54.8 Å². The molecule has 2 fully saturated rings. The number of rotatable bonds is 4. The molecule has 0 aromatic heterocycles. The van der Waals surface area contributed by atoms with Gasteiger partial charge >= 0.3 is 6.18 Å². The van der Waals surface area contributed by atoms with Gasteiger partial charge in [-0.25, -0.2) is 0 Å². The molecule has 0 spiro atoms. The minimum atomic E-state index is -4.05. The summed E-state index contributed by atoms with van der Waals surface area (Å²) in [6, 6.07) is 0.580. The summed E-state index contributed by atoms with van der Waals surface area (Å²) < 4.78 is 36.6. The Morgan fingerprint density at radius 1 is 1.29 bits per heavy atom. The molecule has 17 heavy (non-hydrogen) atoms. The molecular weight excluding hydrogens is 249 g/mol. The molecule has 0 amide bonds. The monoisotopic (exact) mass is 268 g/mol. The third-order valence-electron chi connectivity index (χ3n) is 3.40. The lowest BCUT2D eigenvalue weighted by atomic mass is 10.1. The molecule has 2 saturated heterocycles. The summed E-state index contributed by atoms with van der Waals surface area (Å²) in [7, 11) is 0. The van der Waals surface area contributed by atoms with Gasteiger partial charge in [-0.05, 0) is 37.6 Å². The minimum Gasteiger partial charge on any atom is -0.313 e. The van der Waals surface area contributed by atoms with Crippen molar-refractivity contribution in [1.82, 2.24) is 10.2 Å². The van der Waals surface area contributed by atoms with Crippen LogP contribution in [0.15, 0.2) is 0 Å². The number of nitrogens with one attached hydrogen (secondary N) is 1. The highest BCUT2D eigenvalue weighted by atomic mass is 32.2. The maximum Gasteiger partial charge on any atom is 0.401 e. The number of hydrogen-bond donors (Lipinski definition) is 1. The number of likely N-dealkylation sites (tertiary alicyclic amines) is 1. The molecule has 1 N–H and O–H groups in total. The summed E-state index contributed by atoms with van der Waals surface area (Å²) >= 11 is 1.95. The summed E-state index contributed by atoms with van der Waals surface area (Å²) in [5.74, 6) is 2.75. The summed E-state index contributed by atoms with van der Waals surface area (Å²) in [5, 5.41) is 3.48. The van der Waals surface area contributed by atoms with E-state index in [0.717, 1.165) is 18.7 Å². The van der Waals surface area contributed by atoms with Gasteiger partial charge in [-0.2, -0.15) is 24.9 Å². The van der Waals surface area contributed by atoms with Gasteiger partial charge in [-0.3, -0.25) is 4.90 Å². The molecule has 0 aliphatic carbocycles. The van der Waals surface area contributed by atoms with Crippen molar-refractivity contribution in [1.29, 1.82) is 0 Å². The number of alkyl halides is 3. The predicted octanol–water partition coefficient (Wildman–Crippen LogP) is 1.97. The summed E-state index contributed by atoms with van der Waals surface area (Å²) in [6.45, 7) is 1.31. The quantitative estimate of drug-likeness (QED) is 0.839. The van der Waals surface area contributed by atoms with Gasteiger partial charge in [0.05, 0.1) is 6.54 Å². The van der Waals surface area contributed by atoms with Crippen LogP contribution in [0.4, 0.5) is 13.2 Å². The van der Waals surface area contributed by atoms with Crippen LogP contribution < -0.4 is 5.32 Å². The standard InChI is InChI=1S/C11H19F3N2S/c12-11(13,14)8-16-3-1-9(6-16)5-15-10-2-4-17-7-10/h9-10,15H,1-8H2. The van der Waals surface area contributed by atoms with Crippen molar-refractivity contribution in [3.63, 3.8) is 0 Å². The van der Waals surface area contributed by atoms with Crippen molar-refractivity contribution in [3.05, 3.63) is 0 Å². The molecular formula is C11H19F3N2S. The lowest BCUT2D eigenvalue weighted by molar-refractivity contribution is -0.143. The highest BCUT2D eigenvalue weighted by molar-refractivity contribution is 7.99. The molecule has 0 radical (unpaired) electrons. The van der Waals surface area contributed by atoms with Crippen molar-refractivity contribution in [2.45, 2.75) is 25.1 Å². The van der Waals surface area contributed by atoms with Crippen molar-refractivity contribution in [2.24, 2.45) is 5.92 Å². The van der Waals surface area contributed by atoms with Gasteiger partial charge in [0.15, 0.2) is 0 Å². The van der Waals surface area contributed by atoms with Gasteiger partial charge in [-0.15, -0.1) is 0 Å². The third kappa shape index (κ3) is 4.67. The first kappa shape index (κ1) is 13.5. The van der Waals surface area contributed by atoms with Crippen molar-refractivity contribution in [2.75, 3.05) is 37.7 Å². The van der Waals surface area contributed by atoms with Gasteiger partial charge in [0.2, 0.25) is 0 Å². The van der Waals surface area contributed by atoms with E-state index in [2.05, 4.69) is 5.32 Å². The number of hydrogen-bond acceptors (Lipinski definition) is 3. The number of nitrogens with zero attached hydrogens (tertiary/aromatic N) is 1. The van der Waals surface area contributed by atoms with E-state index in [9.17, 15) is 13.2 Å². The average molecular weight is 268 g/mol. The van der Waals surface area contributed by atoms with Gasteiger partial charge in [0.1, 0.15) is 0 Å². The lowest BCUT2D eigenvalue weighted by Gasteiger charge is -2.19. The molecule has 2 atom stereocenters. The van der Waals surface area contributed by atoms with Gasteiger partial charge in [0, 0.05) is 18.3 Å². The van der Waals surface area contributed by atoms with Crippen LogP contribution in [0, 0.1) is 5.92 Å². The first-order valence-electron chi connectivity index (χ1n) is 6.13. The van der Waals surface area contributed by atoms with Crippen LogP contribution in [-0.2, 0) is 0 Å². The Labute approximate surface area is 104 Å². The largest absolute Gasteiger partial charge is 0.401 e. The van der Waals surface area contributed by atoms with Crippen LogP contribution in [0.1, 0.15) is 12.8 Å².